The van der Waals surface area contributed by atoms with Crippen LogP contribution in [0.2, 0.25) is 0 Å². The maximum Gasteiger partial charge on any atom is 0.237 e. The maximum absolute atomic E-state index is 11.9. The molecule has 0 aliphatic carbocycles. The van der Waals surface area contributed by atoms with Crippen LogP contribution in [0.4, 0.5) is 0 Å². The Hall–Kier alpha value is -0.0700. The topological polar surface area (TPSA) is 64.6 Å². The summed E-state index contributed by atoms with van der Waals surface area (Å²) in [7, 11) is 0. The predicted molar refractivity (Wildman–Crippen MR) is 89.4 cm³/mol. The number of halogens is 2. The molecule has 2 aliphatic heterocycles. The number of rotatable bonds is 5. The second-order valence-electron chi connectivity index (χ2n) is 5.74. The molecule has 0 bridgehead atoms. The van der Waals surface area contributed by atoms with E-state index in [0.29, 0.717) is 25.6 Å². The summed E-state index contributed by atoms with van der Waals surface area (Å²) < 4.78 is 0. The van der Waals surface area contributed by atoms with Gasteiger partial charge >= 0.3 is 0 Å². The van der Waals surface area contributed by atoms with Gasteiger partial charge in [-0.3, -0.25) is 9.69 Å². The average Bonchev–Trinajstić information content (AvgIpc) is 2.86. The molecule has 0 aromatic heterocycles. The monoisotopic (exact) mass is 341 g/mol. The van der Waals surface area contributed by atoms with E-state index >= 15 is 0 Å². The molecule has 2 aliphatic rings. The third kappa shape index (κ3) is 6.28. The van der Waals surface area contributed by atoms with Crippen LogP contribution in [-0.2, 0) is 4.79 Å². The van der Waals surface area contributed by atoms with Crippen molar-refractivity contribution < 1.29 is 9.90 Å². The Morgan fingerprint density at radius 1 is 1.38 bits per heavy atom. The van der Waals surface area contributed by atoms with Gasteiger partial charge in [-0.25, -0.2) is 0 Å². The summed E-state index contributed by atoms with van der Waals surface area (Å²) in [6, 6.07) is 0.482. The van der Waals surface area contributed by atoms with Gasteiger partial charge in [-0.1, -0.05) is 13.3 Å². The number of amides is 1. The van der Waals surface area contributed by atoms with Crippen LogP contribution in [0.1, 0.15) is 39.0 Å². The van der Waals surface area contributed by atoms with Crippen molar-refractivity contribution in [1.29, 1.82) is 0 Å². The van der Waals surface area contributed by atoms with Crippen molar-refractivity contribution in [3.05, 3.63) is 0 Å². The van der Waals surface area contributed by atoms with E-state index in [1.165, 1.54) is 25.7 Å². The number of nitrogens with zero attached hydrogens (tertiary/aromatic N) is 1. The molecule has 3 N–H and O–H groups in total. The number of hydrogen-bond donors (Lipinski definition) is 3. The van der Waals surface area contributed by atoms with E-state index in [1.54, 1.807) is 0 Å². The van der Waals surface area contributed by atoms with E-state index in [1.807, 2.05) is 0 Å². The van der Waals surface area contributed by atoms with Crippen LogP contribution in [0.3, 0.4) is 0 Å². The molecule has 0 radical (unpaired) electrons. The number of carbonyl (C=O) groups is 1. The highest BCUT2D eigenvalue weighted by Gasteiger charge is 2.28. The molecule has 2 rings (SSSR count). The maximum atomic E-state index is 11.9. The molecule has 2 heterocycles. The zero-order valence-electron chi connectivity index (χ0n) is 12.7. The van der Waals surface area contributed by atoms with Crippen molar-refractivity contribution in [2.75, 3.05) is 26.2 Å². The molecule has 0 aromatic rings. The third-order valence-corrected chi connectivity index (χ3v) is 4.34. The van der Waals surface area contributed by atoms with Gasteiger partial charge in [0, 0.05) is 25.7 Å². The Morgan fingerprint density at radius 3 is 2.76 bits per heavy atom. The van der Waals surface area contributed by atoms with Crippen LogP contribution < -0.4 is 10.6 Å². The molecule has 126 valence electrons. The van der Waals surface area contributed by atoms with Crippen LogP contribution in [-0.4, -0.2) is 60.3 Å². The van der Waals surface area contributed by atoms with E-state index < -0.39 is 0 Å². The summed E-state index contributed by atoms with van der Waals surface area (Å²) in [6.45, 7) is 5.59. The first-order chi connectivity index (χ1) is 9.20. The minimum Gasteiger partial charge on any atom is -0.392 e. The lowest BCUT2D eigenvalue weighted by molar-refractivity contribution is -0.123. The van der Waals surface area contributed by atoms with Gasteiger partial charge in [0.25, 0.3) is 0 Å². The normalized spacial score (nSPS) is 29.3. The van der Waals surface area contributed by atoms with Gasteiger partial charge in [-0.05, 0) is 32.2 Å². The van der Waals surface area contributed by atoms with Crippen molar-refractivity contribution in [2.24, 2.45) is 0 Å². The highest BCUT2D eigenvalue weighted by Crippen LogP contribution is 2.18. The van der Waals surface area contributed by atoms with E-state index in [9.17, 15) is 9.90 Å². The number of β-amino-alcohol motifs (C(OH)–C–C–N with tert-alkyl or cyclic N) is 1. The molecule has 1 amide bonds. The first-order valence-electron chi connectivity index (χ1n) is 7.64. The summed E-state index contributed by atoms with van der Waals surface area (Å²) in [6.07, 6.45) is 5.27. The summed E-state index contributed by atoms with van der Waals surface area (Å²) in [5, 5.41) is 15.4. The lowest BCUT2D eigenvalue weighted by atomic mass is 10.0. The lowest BCUT2D eigenvalue weighted by Gasteiger charge is -2.35. The SMILES string of the molecule is CCC1CCCCN1CCNC(=O)C1CC(O)CN1.Cl.Cl. The van der Waals surface area contributed by atoms with Gasteiger partial charge in [0.2, 0.25) is 5.91 Å². The predicted octanol–water partition coefficient (Wildman–Crippen LogP) is 0.933. The summed E-state index contributed by atoms with van der Waals surface area (Å²) in [4.78, 5) is 14.4. The summed E-state index contributed by atoms with van der Waals surface area (Å²) in [5.74, 6) is 0.0293. The van der Waals surface area contributed by atoms with Gasteiger partial charge in [-0.2, -0.15) is 0 Å². The zero-order chi connectivity index (χ0) is 13.7. The minimum atomic E-state index is -0.373. The molecule has 2 saturated heterocycles. The minimum absolute atomic E-state index is 0. The number of aliphatic hydroxyl groups excluding tert-OH is 1. The molecule has 7 heteroatoms. The molecule has 0 spiro atoms. The molecular formula is C14H29Cl2N3O2. The summed E-state index contributed by atoms with van der Waals surface area (Å²) >= 11 is 0. The van der Waals surface area contributed by atoms with Crippen molar-refractivity contribution in [1.82, 2.24) is 15.5 Å². The van der Waals surface area contributed by atoms with Crippen molar-refractivity contribution in [2.45, 2.75) is 57.2 Å². The fourth-order valence-electron chi connectivity index (χ4n) is 3.18. The van der Waals surface area contributed by atoms with Gasteiger partial charge in [0.05, 0.1) is 12.1 Å². The fourth-order valence-corrected chi connectivity index (χ4v) is 3.18. The standard InChI is InChI=1S/C14H27N3O2.2ClH/c1-2-11-5-3-4-7-17(11)8-6-15-14(19)13-9-12(18)10-16-13;;/h11-13,16,18H,2-10H2,1H3,(H,15,19);2*1H. The Bertz CT molecular complexity index is 308. The highest BCUT2D eigenvalue weighted by molar-refractivity contribution is 5.85. The molecular weight excluding hydrogens is 313 g/mol. The van der Waals surface area contributed by atoms with Crippen LogP contribution in [0.25, 0.3) is 0 Å². The molecule has 5 nitrogen and oxygen atoms in total. The first kappa shape index (κ1) is 20.9. The number of piperidine rings is 1. The van der Waals surface area contributed by atoms with E-state index in [2.05, 4.69) is 22.5 Å². The molecule has 0 aromatic carbocycles. The number of hydrogen-bond acceptors (Lipinski definition) is 4. The van der Waals surface area contributed by atoms with E-state index in [-0.39, 0.29) is 42.9 Å². The number of carbonyl (C=O) groups excluding carboxylic acids is 1. The summed E-state index contributed by atoms with van der Waals surface area (Å²) in [5.41, 5.74) is 0. The van der Waals surface area contributed by atoms with Crippen molar-refractivity contribution in [3.63, 3.8) is 0 Å². The lowest BCUT2D eigenvalue weighted by Crippen LogP contribution is -2.46. The van der Waals surface area contributed by atoms with E-state index in [4.69, 9.17) is 0 Å². The fraction of sp³-hybridized carbons (Fsp3) is 0.929. The Kier molecular flexibility index (Phi) is 10.6. The zero-order valence-corrected chi connectivity index (χ0v) is 14.3. The van der Waals surface area contributed by atoms with Gasteiger partial charge in [-0.15, -0.1) is 24.8 Å². The second-order valence-corrected chi connectivity index (χ2v) is 5.74. The largest absolute Gasteiger partial charge is 0.392 e. The smallest absolute Gasteiger partial charge is 0.237 e. The third-order valence-electron chi connectivity index (χ3n) is 4.34. The Morgan fingerprint density at radius 2 is 2.14 bits per heavy atom. The molecule has 21 heavy (non-hydrogen) atoms. The number of likely N-dealkylation sites (tertiary alicyclic amines) is 1. The second kappa shape index (κ2) is 10.6. The highest BCUT2D eigenvalue weighted by atomic mass is 35.5. The number of nitrogens with one attached hydrogen (secondary N) is 2. The van der Waals surface area contributed by atoms with Gasteiger partial charge in [0.1, 0.15) is 0 Å². The molecule has 3 atom stereocenters. The Balaban J connectivity index is 0.00000200. The van der Waals surface area contributed by atoms with Crippen molar-refractivity contribution >= 4 is 30.7 Å². The molecule has 2 fully saturated rings. The Labute approximate surface area is 140 Å². The van der Waals surface area contributed by atoms with Crippen LogP contribution in [0.5, 0.6) is 0 Å². The number of aliphatic hydroxyl groups is 1. The van der Waals surface area contributed by atoms with Crippen LogP contribution in [0.15, 0.2) is 0 Å². The van der Waals surface area contributed by atoms with Crippen LogP contribution >= 0.6 is 24.8 Å². The average molecular weight is 342 g/mol. The molecule has 0 saturated carbocycles. The van der Waals surface area contributed by atoms with Crippen LogP contribution in [0, 0.1) is 0 Å². The van der Waals surface area contributed by atoms with Gasteiger partial charge < -0.3 is 15.7 Å². The van der Waals surface area contributed by atoms with Gasteiger partial charge in [0.15, 0.2) is 0 Å². The first-order valence-corrected chi connectivity index (χ1v) is 7.64. The van der Waals surface area contributed by atoms with E-state index in [0.717, 1.165) is 13.1 Å². The quantitative estimate of drug-likeness (QED) is 0.696. The van der Waals surface area contributed by atoms with Crippen molar-refractivity contribution in [3.8, 4) is 0 Å². The molecule has 3 unspecified atom stereocenters.